The molecular formula is C16H19N3O3. The fraction of sp³-hybridized carbons (Fsp3) is 0.375. The van der Waals surface area contributed by atoms with Crippen molar-refractivity contribution in [1.82, 2.24) is 15.2 Å². The molecule has 0 radical (unpaired) electrons. The Kier molecular flexibility index (Phi) is 4.11. The second-order valence-corrected chi connectivity index (χ2v) is 5.63. The van der Waals surface area contributed by atoms with Crippen LogP contribution in [-0.4, -0.2) is 53.0 Å². The number of aliphatic hydroxyl groups excluding tert-OH is 1. The van der Waals surface area contributed by atoms with E-state index in [9.17, 15) is 9.59 Å². The lowest BCUT2D eigenvalue weighted by Crippen LogP contribution is -2.39. The number of benzene rings is 1. The van der Waals surface area contributed by atoms with Gasteiger partial charge in [-0.15, -0.1) is 0 Å². The standard InChI is InChI=1S/C16H19N3O3/c20-10-11-5-6-19(9-11)15(21)8-17-16(22)14-7-12-3-1-2-4-13(12)18-14/h1-4,7,11,18,20H,5-6,8-10H2,(H,17,22). The van der Waals surface area contributed by atoms with E-state index in [0.717, 1.165) is 17.3 Å². The zero-order valence-corrected chi connectivity index (χ0v) is 12.2. The maximum Gasteiger partial charge on any atom is 0.268 e. The van der Waals surface area contributed by atoms with Crippen LogP contribution in [-0.2, 0) is 4.79 Å². The average Bonchev–Trinajstić information content (AvgIpc) is 3.18. The van der Waals surface area contributed by atoms with Crippen LogP contribution >= 0.6 is 0 Å². The first-order valence-corrected chi connectivity index (χ1v) is 7.42. The van der Waals surface area contributed by atoms with Crippen LogP contribution in [0.5, 0.6) is 0 Å². The predicted molar refractivity (Wildman–Crippen MR) is 82.4 cm³/mol. The molecule has 2 amide bonds. The first kappa shape index (κ1) is 14.6. The van der Waals surface area contributed by atoms with Crippen molar-refractivity contribution < 1.29 is 14.7 Å². The molecule has 2 aromatic rings. The topological polar surface area (TPSA) is 85.4 Å². The molecule has 1 fully saturated rings. The van der Waals surface area contributed by atoms with Gasteiger partial charge in [0.25, 0.3) is 5.91 Å². The van der Waals surface area contributed by atoms with Crippen molar-refractivity contribution in [3.63, 3.8) is 0 Å². The minimum absolute atomic E-state index is 0.0215. The molecule has 1 aromatic heterocycles. The first-order valence-electron chi connectivity index (χ1n) is 7.42. The summed E-state index contributed by atoms with van der Waals surface area (Å²) >= 11 is 0. The molecule has 0 bridgehead atoms. The van der Waals surface area contributed by atoms with Gasteiger partial charge in [-0.05, 0) is 18.6 Å². The number of carbonyl (C=O) groups is 2. The fourth-order valence-corrected chi connectivity index (χ4v) is 2.77. The molecule has 2 heterocycles. The molecule has 1 aromatic carbocycles. The normalized spacial score (nSPS) is 17.9. The molecule has 6 nitrogen and oxygen atoms in total. The molecular weight excluding hydrogens is 282 g/mol. The van der Waals surface area contributed by atoms with Crippen molar-refractivity contribution in [2.45, 2.75) is 6.42 Å². The zero-order chi connectivity index (χ0) is 15.5. The molecule has 116 valence electrons. The number of hydrogen-bond donors (Lipinski definition) is 3. The second-order valence-electron chi connectivity index (χ2n) is 5.63. The molecule has 1 aliphatic rings. The number of aromatic amines is 1. The van der Waals surface area contributed by atoms with E-state index >= 15 is 0 Å². The van der Waals surface area contributed by atoms with Crippen molar-refractivity contribution in [3.8, 4) is 0 Å². The smallest absolute Gasteiger partial charge is 0.268 e. The van der Waals surface area contributed by atoms with Crippen LogP contribution < -0.4 is 5.32 Å². The van der Waals surface area contributed by atoms with E-state index < -0.39 is 0 Å². The van der Waals surface area contributed by atoms with Gasteiger partial charge in [-0.3, -0.25) is 9.59 Å². The Hall–Kier alpha value is -2.34. The highest BCUT2D eigenvalue weighted by Gasteiger charge is 2.25. The SMILES string of the molecule is O=C(NCC(=O)N1CCC(CO)C1)c1cc2ccccc2[nH]1. The summed E-state index contributed by atoms with van der Waals surface area (Å²) in [5, 5.41) is 12.7. The number of nitrogens with zero attached hydrogens (tertiary/aromatic N) is 1. The van der Waals surface area contributed by atoms with E-state index in [-0.39, 0.29) is 30.9 Å². The van der Waals surface area contributed by atoms with E-state index in [1.165, 1.54) is 0 Å². The molecule has 1 saturated heterocycles. The molecule has 0 aliphatic carbocycles. The largest absolute Gasteiger partial charge is 0.396 e. The van der Waals surface area contributed by atoms with E-state index in [1.807, 2.05) is 24.3 Å². The predicted octanol–water partition coefficient (Wildman–Crippen LogP) is 0.738. The first-order chi connectivity index (χ1) is 10.7. The number of carbonyl (C=O) groups excluding carboxylic acids is 2. The molecule has 3 rings (SSSR count). The maximum absolute atomic E-state index is 12.1. The van der Waals surface area contributed by atoms with Crippen molar-refractivity contribution in [2.24, 2.45) is 5.92 Å². The van der Waals surface area contributed by atoms with E-state index in [0.29, 0.717) is 18.8 Å². The number of aromatic nitrogens is 1. The number of amides is 2. The summed E-state index contributed by atoms with van der Waals surface area (Å²) in [7, 11) is 0. The lowest BCUT2D eigenvalue weighted by atomic mass is 10.1. The Morgan fingerprint density at radius 3 is 2.91 bits per heavy atom. The van der Waals surface area contributed by atoms with E-state index in [1.54, 1.807) is 11.0 Å². The summed E-state index contributed by atoms with van der Waals surface area (Å²) in [6, 6.07) is 9.40. The monoisotopic (exact) mass is 301 g/mol. The zero-order valence-electron chi connectivity index (χ0n) is 12.2. The molecule has 1 unspecified atom stereocenters. The van der Waals surface area contributed by atoms with Gasteiger partial charge in [-0.2, -0.15) is 0 Å². The minimum Gasteiger partial charge on any atom is -0.396 e. The molecule has 1 atom stereocenters. The average molecular weight is 301 g/mol. The van der Waals surface area contributed by atoms with Gasteiger partial charge in [0.15, 0.2) is 0 Å². The Bertz CT molecular complexity index is 662. The summed E-state index contributed by atoms with van der Waals surface area (Å²) in [4.78, 5) is 28.9. The highest BCUT2D eigenvalue weighted by atomic mass is 16.3. The van der Waals surface area contributed by atoms with Gasteiger partial charge in [-0.1, -0.05) is 18.2 Å². The Labute approximate surface area is 128 Å². The fourth-order valence-electron chi connectivity index (χ4n) is 2.77. The molecule has 6 heteroatoms. The lowest BCUT2D eigenvalue weighted by Gasteiger charge is -2.16. The lowest BCUT2D eigenvalue weighted by molar-refractivity contribution is -0.129. The van der Waals surface area contributed by atoms with Gasteiger partial charge in [0, 0.05) is 36.5 Å². The van der Waals surface area contributed by atoms with Crippen LogP contribution in [0.4, 0.5) is 0 Å². The number of H-pyrrole nitrogens is 1. The van der Waals surface area contributed by atoms with Gasteiger partial charge in [0.2, 0.25) is 5.91 Å². The third-order valence-corrected chi connectivity index (χ3v) is 4.07. The highest BCUT2D eigenvalue weighted by Crippen LogP contribution is 2.16. The summed E-state index contributed by atoms with van der Waals surface area (Å²) in [5.74, 6) is -0.240. The third-order valence-electron chi connectivity index (χ3n) is 4.07. The number of para-hydroxylation sites is 1. The number of nitrogens with one attached hydrogen (secondary N) is 2. The van der Waals surface area contributed by atoms with Gasteiger partial charge in [0.1, 0.15) is 5.69 Å². The second kappa shape index (κ2) is 6.19. The summed E-state index contributed by atoms with van der Waals surface area (Å²) in [5.41, 5.74) is 1.34. The van der Waals surface area contributed by atoms with E-state index in [4.69, 9.17) is 5.11 Å². The van der Waals surface area contributed by atoms with Gasteiger partial charge in [0.05, 0.1) is 6.54 Å². The van der Waals surface area contributed by atoms with Crippen molar-refractivity contribution in [2.75, 3.05) is 26.2 Å². The maximum atomic E-state index is 12.1. The Balaban J connectivity index is 1.57. The minimum atomic E-state index is -0.289. The number of fused-ring (bicyclic) bond motifs is 1. The van der Waals surface area contributed by atoms with Crippen LogP contribution in [0.15, 0.2) is 30.3 Å². The molecule has 0 spiro atoms. The van der Waals surface area contributed by atoms with Crippen molar-refractivity contribution in [1.29, 1.82) is 0 Å². The highest BCUT2D eigenvalue weighted by molar-refractivity contribution is 5.99. The Morgan fingerprint density at radius 2 is 2.18 bits per heavy atom. The molecule has 1 aliphatic heterocycles. The van der Waals surface area contributed by atoms with Crippen LogP contribution in [0.3, 0.4) is 0 Å². The summed E-state index contributed by atoms with van der Waals surface area (Å²) in [6.45, 7) is 1.29. The number of aliphatic hydroxyl groups is 1. The van der Waals surface area contributed by atoms with Crippen LogP contribution in [0.1, 0.15) is 16.9 Å². The van der Waals surface area contributed by atoms with Crippen molar-refractivity contribution in [3.05, 3.63) is 36.0 Å². The van der Waals surface area contributed by atoms with Gasteiger partial charge in [-0.25, -0.2) is 0 Å². The molecule has 0 saturated carbocycles. The Morgan fingerprint density at radius 1 is 1.36 bits per heavy atom. The quantitative estimate of drug-likeness (QED) is 0.778. The van der Waals surface area contributed by atoms with Crippen molar-refractivity contribution >= 4 is 22.7 Å². The van der Waals surface area contributed by atoms with Crippen LogP contribution in [0.25, 0.3) is 10.9 Å². The van der Waals surface area contributed by atoms with Gasteiger partial charge >= 0.3 is 0 Å². The van der Waals surface area contributed by atoms with Crippen LogP contribution in [0, 0.1) is 5.92 Å². The summed E-state index contributed by atoms with van der Waals surface area (Å²) < 4.78 is 0. The number of hydrogen-bond acceptors (Lipinski definition) is 3. The number of likely N-dealkylation sites (tertiary alicyclic amines) is 1. The van der Waals surface area contributed by atoms with E-state index in [2.05, 4.69) is 10.3 Å². The number of rotatable bonds is 4. The van der Waals surface area contributed by atoms with Crippen LogP contribution in [0.2, 0.25) is 0 Å². The third kappa shape index (κ3) is 2.96. The van der Waals surface area contributed by atoms with Gasteiger partial charge < -0.3 is 20.3 Å². The summed E-state index contributed by atoms with van der Waals surface area (Å²) in [6.07, 6.45) is 0.818. The molecule has 3 N–H and O–H groups in total. The molecule has 22 heavy (non-hydrogen) atoms.